The molecular weight excluding hydrogens is 498 g/mol. The van der Waals surface area contributed by atoms with Crippen LogP contribution in [-0.4, -0.2) is 69.8 Å². The maximum absolute atomic E-state index is 12.8. The molecule has 0 saturated heterocycles. The fraction of sp³-hybridized carbons (Fsp3) is 0.417. The minimum Gasteiger partial charge on any atom is -0.480 e. The number of amides is 5. The monoisotopic (exact) mass is 531 g/mol. The molecule has 2 aromatic rings. The Bertz CT molecular complexity index is 1200. The average molecular weight is 532 g/mol. The van der Waals surface area contributed by atoms with Gasteiger partial charge < -0.3 is 43.2 Å². The van der Waals surface area contributed by atoms with Crippen LogP contribution in [0.3, 0.4) is 0 Å². The van der Waals surface area contributed by atoms with E-state index < -0.39 is 59.7 Å². The number of nitrogens with two attached hydrogens (primary N) is 3. The Morgan fingerprint density at radius 1 is 0.868 bits per heavy atom. The van der Waals surface area contributed by atoms with Crippen molar-refractivity contribution in [1.82, 2.24) is 20.9 Å². The first-order chi connectivity index (χ1) is 17.9. The van der Waals surface area contributed by atoms with Crippen LogP contribution in [0.15, 0.2) is 30.5 Å². The number of aromatic nitrogens is 1. The lowest BCUT2D eigenvalue weighted by molar-refractivity contribution is -0.142. The average Bonchev–Trinajstić information content (AvgIpc) is 3.26. The van der Waals surface area contributed by atoms with Gasteiger partial charge in [0.2, 0.25) is 29.5 Å². The lowest BCUT2D eigenvalue weighted by atomic mass is 10.0. The van der Waals surface area contributed by atoms with Gasteiger partial charge >= 0.3 is 5.97 Å². The third-order valence-electron chi connectivity index (χ3n) is 5.82. The number of carbonyl (C=O) groups excluding carboxylic acids is 5. The molecule has 1 aromatic heterocycles. The van der Waals surface area contributed by atoms with Crippen LogP contribution in [0, 0.1) is 0 Å². The predicted octanol–water partition coefficient (Wildman–Crippen LogP) is -1.87. The van der Waals surface area contributed by atoms with Crippen LogP contribution in [0.2, 0.25) is 0 Å². The van der Waals surface area contributed by atoms with Gasteiger partial charge in [0.1, 0.15) is 18.1 Å². The number of rotatable bonds is 15. The van der Waals surface area contributed by atoms with Gasteiger partial charge in [0.25, 0.3) is 0 Å². The van der Waals surface area contributed by atoms with Crippen LogP contribution >= 0.6 is 0 Å². The summed E-state index contributed by atoms with van der Waals surface area (Å²) in [5, 5.41) is 17.7. The summed E-state index contributed by atoms with van der Waals surface area (Å²) in [6, 6.07) is 2.41. The molecule has 0 aliphatic heterocycles. The highest BCUT2D eigenvalue weighted by Crippen LogP contribution is 2.19. The Hall–Kier alpha value is -4.46. The number of H-pyrrole nitrogens is 1. The Kier molecular flexibility index (Phi) is 10.8. The van der Waals surface area contributed by atoms with E-state index in [-0.39, 0.29) is 32.1 Å². The molecule has 4 unspecified atom stereocenters. The zero-order valence-electron chi connectivity index (χ0n) is 20.9. The van der Waals surface area contributed by atoms with E-state index in [0.29, 0.717) is 5.56 Å². The van der Waals surface area contributed by atoms with Gasteiger partial charge in [0.05, 0.1) is 6.04 Å². The standard InChI is InChI=1S/C24H33N7O7/c1-12(21(34)31-18(24(37)38)10-13-11-28-16-5-3-2-4-14(13)16)29-23(36)17(7-9-20(27)33)30-22(35)15(25)6-8-19(26)32/h2-5,11-12,15,17-18,28H,6-10,25H2,1H3,(H2,26,32)(H2,27,33)(H,29,36)(H,30,35)(H,31,34)(H,37,38). The molecule has 0 radical (unpaired) electrons. The summed E-state index contributed by atoms with van der Waals surface area (Å²) in [5.41, 5.74) is 17.4. The number of aliphatic carboxylic acids is 1. The number of primary amides is 2. The van der Waals surface area contributed by atoms with Crippen molar-refractivity contribution in [1.29, 1.82) is 0 Å². The highest BCUT2D eigenvalue weighted by Gasteiger charge is 2.29. The minimum atomic E-state index is -1.28. The smallest absolute Gasteiger partial charge is 0.326 e. The second kappa shape index (κ2) is 13.7. The molecule has 14 nitrogen and oxygen atoms in total. The van der Waals surface area contributed by atoms with Gasteiger partial charge in [0.15, 0.2) is 0 Å². The molecule has 14 heteroatoms. The van der Waals surface area contributed by atoms with Crippen LogP contribution in [0.4, 0.5) is 0 Å². The number of nitrogens with one attached hydrogen (secondary N) is 4. The minimum absolute atomic E-state index is 0.00770. The summed E-state index contributed by atoms with van der Waals surface area (Å²) >= 11 is 0. The van der Waals surface area contributed by atoms with Crippen molar-refractivity contribution in [2.75, 3.05) is 0 Å². The normalized spacial score (nSPS) is 14.1. The van der Waals surface area contributed by atoms with Gasteiger partial charge in [-0.3, -0.25) is 24.0 Å². The quantitative estimate of drug-likeness (QED) is 0.129. The first-order valence-electron chi connectivity index (χ1n) is 11.9. The number of para-hydroxylation sites is 1. The molecule has 5 amide bonds. The molecule has 1 aromatic carbocycles. The Morgan fingerprint density at radius 2 is 1.47 bits per heavy atom. The van der Waals surface area contributed by atoms with E-state index in [9.17, 15) is 33.9 Å². The number of hydrogen-bond acceptors (Lipinski definition) is 7. The third kappa shape index (κ3) is 8.89. The van der Waals surface area contributed by atoms with Gasteiger partial charge in [0, 0.05) is 36.4 Å². The number of hydrogen-bond donors (Lipinski definition) is 8. The SMILES string of the molecule is CC(NC(=O)C(CCC(N)=O)NC(=O)C(N)CCC(N)=O)C(=O)NC(Cc1c[nH]c2ccccc12)C(=O)O. The van der Waals surface area contributed by atoms with Crippen molar-refractivity contribution in [2.24, 2.45) is 17.2 Å². The maximum atomic E-state index is 12.8. The first kappa shape index (κ1) is 29.8. The summed E-state index contributed by atoms with van der Waals surface area (Å²) in [7, 11) is 0. The van der Waals surface area contributed by atoms with Crippen molar-refractivity contribution >= 4 is 46.4 Å². The third-order valence-corrected chi connectivity index (χ3v) is 5.82. The Balaban J connectivity index is 2.03. The fourth-order valence-electron chi connectivity index (χ4n) is 3.66. The number of benzene rings is 1. The van der Waals surface area contributed by atoms with Crippen LogP contribution < -0.4 is 33.2 Å². The summed E-state index contributed by atoms with van der Waals surface area (Å²) < 4.78 is 0. The van der Waals surface area contributed by atoms with E-state index in [0.717, 1.165) is 10.9 Å². The molecule has 0 saturated carbocycles. The van der Waals surface area contributed by atoms with Crippen LogP contribution in [0.1, 0.15) is 38.2 Å². The molecule has 1 heterocycles. The number of aromatic amines is 1. The van der Waals surface area contributed by atoms with Gasteiger partial charge in [-0.2, -0.15) is 0 Å². The summed E-state index contributed by atoms with van der Waals surface area (Å²) in [4.78, 5) is 75.0. The van der Waals surface area contributed by atoms with Crippen molar-refractivity contribution < 1.29 is 33.9 Å². The second-order valence-corrected chi connectivity index (χ2v) is 8.87. The maximum Gasteiger partial charge on any atom is 0.326 e. The highest BCUT2D eigenvalue weighted by atomic mass is 16.4. The first-order valence-corrected chi connectivity index (χ1v) is 11.9. The second-order valence-electron chi connectivity index (χ2n) is 8.87. The van der Waals surface area contributed by atoms with Crippen LogP contribution in [0.25, 0.3) is 10.9 Å². The lowest BCUT2D eigenvalue weighted by Crippen LogP contribution is -2.56. The van der Waals surface area contributed by atoms with Gasteiger partial charge in [-0.05, 0) is 31.4 Å². The molecule has 4 atom stereocenters. The topological polar surface area (TPSA) is 253 Å². The number of carbonyl (C=O) groups is 6. The summed E-state index contributed by atoms with van der Waals surface area (Å²) in [6.07, 6.45) is 1.03. The van der Waals surface area contributed by atoms with E-state index in [2.05, 4.69) is 20.9 Å². The molecule has 2 rings (SSSR count). The van der Waals surface area contributed by atoms with E-state index in [1.54, 1.807) is 6.20 Å². The zero-order valence-corrected chi connectivity index (χ0v) is 20.9. The Morgan fingerprint density at radius 3 is 2.11 bits per heavy atom. The van der Waals surface area contributed by atoms with E-state index >= 15 is 0 Å². The van der Waals surface area contributed by atoms with E-state index in [4.69, 9.17) is 17.2 Å². The number of carboxylic acid groups (broad SMARTS) is 1. The van der Waals surface area contributed by atoms with Gasteiger partial charge in [-0.15, -0.1) is 0 Å². The number of carboxylic acids is 1. The molecule has 0 spiro atoms. The van der Waals surface area contributed by atoms with Crippen molar-refractivity contribution in [3.63, 3.8) is 0 Å². The van der Waals surface area contributed by atoms with Crippen LogP contribution in [-0.2, 0) is 35.2 Å². The van der Waals surface area contributed by atoms with Crippen LogP contribution in [0.5, 0.6) is 0 Å². The molecule has 206 valence electrons. The molecule has 11 N–H and O–H groups in total. The Labute approximate surface area is 218 Å². The predicted molar refractivity (Wildman–Crippen MR) is 136 cm³/mol. The lowest BCUT2D eigenvalue weighted by Gasteiger charge is -2.23. The van der Waals surface area contributed by atoms with Gasteiger partial charge in [-0.25, -0.2) is 4.79 Å². The van der Waals surface area contributed by atoms with Crippen molar-refractivity contribution in [3.8, 4) is 0 Å². The van der Waals surface area contributed by atoms with Crippen molar-refractivity contribution in [3.05, 3.63) is 36.0 Å². The van der Waals surface area contributed by atoms with E-state index in [1.807, 2.05) is 24.3 Å². The summed E-state index contributed by atoms with van der Waals surface area (Å²) in [5.74, 6) is -4.99. The largest absolute Gasteiger partial charge is 0.480 e. The molecule has 38 heavy (non-hydrogen) atoms. The summed E-state index contributed by atoms with van der Waals surface area (Å²) in [6.45, 7) is 1.34. The molecule has 0 bridgehead atoms. The highest BCUT2D eigenvalue weighted by molar-refractivity contribution is 5.94. The molecule has 0 aliphatic rings. The number of fused-ring (bicyclic) bond motifs is 1. The molecular formula is C24H33N7O7. The van der Waals surface area contributed by atoms with E-state index in [1.165, 1.54) is 6.92 Å². The van der Waals surface area contributed by atoms with Crippen molar-refractivity contribution in [2.45, 2.75) is 63.2 Å². The zero-order chi connectivity index (χ0) is 28.4. The van der Waals surface area contributed by atoms with Gasteiger partial charge in [-0.1, -0.05) is 18.2 Å². The molecule has 0 aliphatic carbocycles. The fourth-order valence-corrected chi connectivity index (χ4v) is 3.66. The molecule has 0 fully saturated rings.